The van der Waals surface area contributed by atoms with Gasteiger partial charge in [-0.3, -0.25) is 4.79 Å². The predicted molar refractivity (Wildman–Crippen MR) is 56.9 cm³/mol. The summed E-state index contributed by atoms with van der Waals surface area (Å²) in [5, 5.41) is 8.88. The Balaban J connectivity index is 3.32. The van der Waals surface area contributed by atoms with E-state index >= 15 is 0 Å². The number of nitrogens with zero attached hydrogens (tertiary/aromatic N) is 1. The van der Waals surface area contributed by atoms with Crippen molar-refractivity contribution in [3.05, 3.63) is 34.9 Å². The number of rotatable bonds is 3. The molecule has 0 aromatic heterocycles. The first-order chi connectivity index (χ1) is 7.60. The molecule has 1 rings (SSSR count). The molecule has 0 bridgehead atoms. The highest BCUT2D eigenvalue weighted by Crippen LogP contribution is 2.16. The molecule has 0 unspecified atom stereocenters. The first kappa shape index (κ1) is 11.9. The van der Waals surface area contributed by atoms with Gasteiger partial charge in [0.2, 0.25) is 0 Å². The molecule has 0 saturated carbocycles. The molecule has 0 fully saturated rings. The minimum Gasteiger partial charge on any atom is -0.465 e. The summed E-state index contributed by atoms with van der Waals surface area (Å²) >= 11 is 0. The Morgan fingerprint density at radius 2 is 2.12 bits per heavy atom. The van der Waals surface area contributed by atoms with Crippen LogP contribution in [0.5, 0.6) is 0 Å². The Morgan fingerprint density at radius 1 is 1.44 bits per heavy atom. The highest BCUT2D eigenvalue weighted by molar-refractivity contribution is 5.95. The SMILES string of the molecule is COC(=O)c1c(C#N)cccc1CC(C)=O. The number of nitriles is 1. The molecular formula is C12H11NO3. The Kier molecular flexibility index (Phi) is 3.78. The molecule has 0 aliphatic heterocycles. The Labute approximate surface area is 93.5 Å². The summed E-state index contributed by atoms with van der Waals surface area (Å²) in [6, 6.07) is 6.73. The molecule has 4 nitrogen and oxygen atoms in total. The second-order valence-electron chi connectivity index (χ2n) is 3.32. The lowest BCUT2D eigenvalue weighted by Crippen LogP contribution is -2.10. The Morgan fingerprint density at radius 3 is 2.62 bits per heavy atom. The third-order valence-corrected chi connectivity index (χ3v) is 2.10. The number of hydrogen-bond acceptors (Lipinski definition) is 4. The van der Waals surface area contributed by atoms with Crippen molar-refractivity contribution < 1.29 is 14.3 Å². The minimum absolute atomic E-state index is 0.0692. The maximum absolute atomic E-state index is 11.5. The zero-order chi connectivity index (χ0) is 12.1. The Hall–Kier alpha value is -2.15. The summed E-state index contributed by atoms with van der Waals surface area (Å²) in [6.45, 7) is 1.43. The predicted octanol–water partition coefficient (Wildman–Crippen LogP) is 1.48. The molecule has 0 saturated heterocycles. The quantitative estimate of drug-likeness (QED) is 0.719. The minimum atomic E-state index is -0.589. The van der Waals surface area contributed by atoms with Gasteiger partial charge in [0.25, 0.3) is 0 Å². The lowest BCUT2D eigenvalue weighted by molar-refractivity contribution is -0.116. The van der Waals surface area contributed by atoms with Crippen LogP contribution in [0.25, 0.3) is 0 Å². The average Bonchev–Trinajstić information content (AvgIpc) is 2.27. The van der Waals surface area contributed by atoms with Crippen molar-refractivity contribution in [1.29, 1.82) is 5.26 Å². The summed E-state index contributed by atoms with van der Waals surface area (Å²) in [7, 11) is 1.24. The number of benzene rings is 1. The van der Waals surface area contributed by atoms with Crippen molar-refractivity contribution in [3.63, 3.8) is 0 Å². The number of ether oxygens (including phenoxy) is 1. The number of methoxy groups -OCH3 is 1. The van der Waals surface area contributed by atoms with Gasteiger partial charge in [-0.05, 0) is 18.6 Å². The summed E-state index contributed by atoms with van der Waals surface area (Å²) in [5.74, 6) is -0.659. The van der Waals surface area contributed by atoms with E-state index in [1.807, 2.05) is 6.07 Å². The highest BCUT2D eigenvalue weighted by atomic mass is 16.5. The molecule has 0 radical (unpaired) electrons. The van der Waals surface area contributed by atoms with E-state index in [4.69, 9.17) is 5.26 Å². The summed E-state index contributed by atoms with van der Waals surface area (Å²) in [6.07, 6.45) is 0.125. The second-order valence-corrected chi connectivity index (χ2v) is 3.32. The number of esters is 1. The van der Waals surface area contributed by atoms with E-state index in [0.29, 0.717) is 5.56 Å². The lowest BCUT2D eigenvalue weighted by Gasteiger charge is -2.07. The van der Waals surface area contributed by atoms with Gasteiger partial charge in [-0.25, -0.2) is 4.79 Å². The molecule has 0 atom stereocenters. The fourth-order valence-corrected chi connectivity index (χ4v) is 1.45. The van der Waals surface area contributed by atoms with E-state index in [1.165, 1.54) is 20.1 Å². The maximum Gasteiger partial charge on any atom is 0.339 e. The number of carbonyl (C=O) groups excluding carboxylic acids is 2. The largest absolute Gasteiger partial charge is 0.465 e. The van der Waals surface area contributed by atoms with Crippen LogP contribution in [0, 0.1) is 11.3 Å². The summed E-state index contributed by atoms with van der Waals surface area (Å²) < 4.78 is 4.60. The molecule has 0 amide bonds. The number of Topliss-reactive ketones (excluding diaryl/α,β-unsaturated/α-hetero) is 1. The van der Waals surface area contributed by atoms with Gasteiger partial charge in [-0.15, -0.1) is 0 Å². The van der Waals surface area contributed by atoms with Gasteiger partial charge >= 0.3 is 5.97 Å². The molecule has 0 aliphatic carbocycles. The van der Waals surface area contributed by atoms with E-state index < -0.39 is 5.97 Å². The van der Waals surface area contributed by atoms with E-state index in [1.54, 1.807) is 12.1 Å². The van der Waals surface area contributed by atoms with Crippen LogP contribution >= 0.6 is 0 Å². The van der Waals surface area contributed by atoms with E-state index in [2.05, 4.69) is 4.74 Å². The van der Waals surface area contributed by atoms with Gasteiger partial charge in [0, 0.05) is 6.42 Å². The first-order valence-electron chi connectivity index (χ1n) is 4.70. The molecule has 4 heteroatoms. The molecule has 0 N–H and O–H groups in total. The van der Waals surface area contributed by atoms with Crippen molar-refractivity contribution in [1.82, 2.24) is 0 Å². The fourth-order valence-electron chi connectivity index (χ4n) is 1.45. The van der Waals surface area contributed by atoms with Gasteiger partial charge in [0.1, 0.15) is 11.9 Å². The first-order valence-corrected chi connectivity index (χ1v) is 4.70. The smallest absolute Gasteiger partial charge is 0.339 e. The van der Waals surface area contributed by atoms with E-state index in [-0.39, 0.29) is 23.3 Å². The van der Waals surface area contributed by atoms with Crippen LogP contribution in [0.15, 0.2) is 18.2 Å². The zero-order valence-electron chi connectivity index (χ0n) is 9.11. The van der Waals surface area contributed by atoms with Gasteiger partial charge in [0.05, 0.1) is 18.2 Å². The monoisotopic (exact) mass is 217 g/mol. The number of hydrogen-bond donors (Lipinski definition) is 0. The molecule has 0 aliphatic rings. The van der Waals surface area contributed by atoms with E-state index in [0.717, 1.165) is 0 Å². The van der Waals surface area contributed by atoms with Crippen LogP contribution < -0.4 is 0 Å². The van der Waals surface area contributed by atoms with Crippen molar-refractivity contribution in [3.8, 4) is 6.07 Å². The van der Waals surface area contributed by atoms with Crippen molar-refractivity contribution in [2.24, 2.45) is 0 Å². The average molecular weight is 217 g/mol. The van der Waals surface area contributed by atoms with Crippen LogP contribution in [-0.2, 0) is 16.0 Å². The number of carbonyl (C=O) groups is 2. The normalized spacial score (nSPS) is 9.31. The topological polar surface area (TPSA) is 67.2 Å². The standard InChI is InChI=1S/C12H11NO3/c1-8(14)6-9-4-3-5-10(7-13)11(9)12(15)16-2/h3-5H,6H2,1-2H3. The summed E-state index contributed by atoms with van der Waals surface area (Å²) in [4.78, 5) is 22.6. The van der Waals surface area contributed by atoms with Crippen LogP contribution in [0.1, 0.15) is 28.4 Å². The van der Waals surface area contributed by atoms with Crippen LogP contribution in [0.4, 0.5) is 0 Å². The third-order valence-electron chi connectivity index (χ3n) is 2.10. The maximum atomic E-state index is 11.5. The van der Waals surface area contributed by atoms with Crippen LogP contribution in [-0.4, -0.2) is 18.9 Å². The highest BCUT2D eigenvalue weighted by Gasteiger charge is 2.17. The lowest BCUT2D eigenvalue weighted by atomic mass is 9.98. The molecule has 16 heavy (non-hydrogen) atoms. The zero-order valence-corrected chi connectivity index (χ0v) is 9.11. The van der Waals surface area contributed by atoms with Crippen molar-refractivity contribution in [2.45, 2.75) is 13.3 Å². The van der Waals surface area contributed by atoms with Gasteiger partial charge in [-0.1, -0.05) is 12.1 Å². The summed E-state index contributed by atoms with van der Waals surface area (Å²) in [5.41, 5.74) is 0.937. The molecule has 0 spiro atoms. The van der Waals surface area contributed by atoms with Gasteiger partial charge < -0.3 is 4.74 Å². The van der Waals surface area contributed by atoms with Crippen LogP contribution in [0.3, 0.4) is 0 Å². The third kappa shape index (κ3) is 2.45. The van der Waals surface area contributed by atoms with Gasteiger partial charge in [-0.2, -0.15) is 5.26 Å². The van der Waals surface area contributed by atoms with E-state index in [9.17, 15) is 9.59 Å². The fraction of sp³-hybridized carbons (Fsp3) is 0.250. The molecule has 1 aromatic carbocycles. The molecular weight excluding hydrogens is 206 g/mol. The second kappa shape index (κ2) is 5.08. The molecule has 1 aromatic rings. The van der Waals surface area contributed by atoms with Gasteiger partial charge in [0.15, 0.2) is 0 Å². The Bertz CT molecular complexity index is 472. The van der Waals surface area contributed by atoms with Crippen LogP contribution in [0.2, 0.25) is 0 Å². The van der Waals surface area contributed by atoms with Crippen molar-refractivity contribution in [2.75, 3.05) is 7.11 Å². The molecule has 82 valence electrons. The van der Waals surface area contributed by atoms with Crippen molar-refractivity contribution >= 4 is 11.8 Å². The molecule has 0 heterocycles. The number of ketones is 1.